The minimum atomic E-state index is -0.619. The second-order valence-corrected chi connectivity index (χ2v) is 10.1. The van der Waals surface area contributed by atoms with E-state index in [0.29, 0.717) is 51.7 Å². The summed E-state index contributed by atoms with van der Waals surface area (Å²) in [5, 5.41) is 0. The summed E-state index contributed by atoms with van der Waals surface area (Å²) in [4.78, 5) is 31.9. The number of fused-ring (bicyclic) bond motifs is 1. The molecule has 0 aliphatic carbocycles. The normalized spacial score (nSPS) is 15.4. The smallest absolute Gasteiger partial charge is 0.338 e. The first kappa shape index (κ1) is 26.2. The van der Waals surface area contributed by atoms with E-state index >= 15 is 0 Å². The van der Waals surface area contributed by atoms with Crippen molar-refractivity contribution in [3.8, 4) is 11.5 Å². The number of thiazole rings is 1. The molecule has 0 amide bonds. The Labute approximate surface area is 226 Å². The van der Waals surface area contributed by atoms with Gasteiger partial charge in [-0.25, -0.2) is 9.79 Å². The van der Waals surface area contributed by atoms with E-state index in [1.54, 1.807) is 4.57 Å². The first-order chi connectivity index (χ1) is 17.4. The summed E-state index contributed by atoms with van der Waals surface area (Å²) in [6.07, 6.45) is 2.37. The van der Waals surface area contributed by atoms with Gasteiger partial charge in [0.1, 0.15) is 0 Å². The molecule has 1 aliphatic rings. The molecule has 0 saturated heterocycles. The summed E-state index contributed by atoms with van der Waals surface area (Å²) in [6, 6.07) is 12.7. The standard InChI is InChI=1S/C27H27IN2O5S/c1-5-19-22(26(32)33-4)23(17-11-9-8-10-12-17)30-25(31)21(36-27(30)29-19)15-16-13-18(28)24(35-7-3)20(14-16)34-6-2/h8-15,23H,5-7H2,1-4H3/b21-15+/t23-/m0/s1. The van der Waals surface area contributed by atoms with Crippen molar-refractivity contribution in [3.05, 3.63) is 88.1 Å². The summed E-state index contributed by atoms with van der Waals surface area (Å²) >= 11 is 3.52. The molecular formula is C27H27IN2O5S. The number of carbonyl (C=O) groups is 1. The van der Waals surface area contributed by atoms with Crippen LogP contribution < -0.4 is 24.4 Å². The summed E-state index contributed by atoms with van der Waals surface area (Å²) in [6.45, 7) is 6.80. The van der Waals surface area contributed by atoms with Gasteiger partial charge in [0.15, 0.2) is 16.3 Å². The van der Waals surface area contributed by atoms with Crippen molar-refractivity contribution in [2.75, 3.05) is 20.3 Å². The van der Waals surface area contributed by atoms with Crippen LogP contribution in [0, 0.1) is 3.57 Å². The van der Waals surface area contributed by atoms with Crippen LogP contribution in [0.3, 0.4) is 0 Å². The fraction of sp³-hybridized carbons (Fsp3) is 0.296. The van der Waals surface area contributed by atoms with Crippen LogP contribution in [0.5, 0.6) is 11.5 Å². The number of hydrogen-bond acceptors (Lipinski definition) is 7. The zero-order valence-electron chi connectivity index (χ0n) is 20.5. The molecule has 36 heavy (non-hydrogen) atoms. The lowest BCUT2D eigenvalue weighted by molar-refractivity contribution is -0.136. The van der Waals surface area contributed by atoms with Crippen molar-refractivity contribution in [3.63, 3.8) is 0 Å². The second-order valence-electron chi connectivity index (χ2n) is 7.89. The molecule has 0 spiro atoms. The van der Waals surface area contributed by atoms with Gasteiger partial charge >= 0.3 is 5.97 Å². The van der Waals surface area contributed by atoms with Gasteiger partial charge in [-0.3, -0.25) is 9.36 Å². The van der Waals surface area contributed by atoms with Gasteiger partial charge < -0.3 is 14.2 Å². The van der Waals surface area contributed by atoms with E-state index in [2.05, 4.69) is 22.6 Å². The molecule has 0 unspecified atom stereocenters. The average Bonchev–Trinajstić information content (AvgIpc) is 3.19. The molecule has 0 radical (unpaired) electrons. The molecule has 1 atom stereocenters. The predicted octanol–water partition coefficient (Wildman–Crippen LogP) is 4.20. The zero-order valence-corrected chi connectivity index (χ0v) is 23.5. The number of hydrogen-bond donors (Lipinski definition) is 0. The number of halogens is 1. The molecule has 0 bridgehead atoms. The van der Waals surface area contributed by atoms with Gasteiger partial charge in [0.25, 0.3) is 5.56 Å². The van der Waals surface area contributed by atoms with Crippen LogP contribution in [0.15, 0.2) is 63.5 Å². The van der Waals surface area contributed by atoms with E-state index in [0.717, 1.165) is 14.7 Å². The minimum absolute atomic E-state index is 0.217. The summed E-state index contributed by atoms with van der Waals surface area (Å²) in [5.41, 5.74) is 2.43. The van der Waals surface area contributed by atoms with Crippen LogP contribution >= 0.6 is 33.9 Å². The third-order valence-corrected chi connectivity index (χ3v) is 7.47. The maximum Gasteiger partial charge on any atom is 0.338 e. The Morgan fingerprint density at radius 3 is 2.50 bits per heavy atom. The lowest BCUT2D eigenvalue weighted by atomic mass is 9.95. The molecule has 7 nitrogen and oxygen atoms in total. The number of methoxy groups -OCH3 is 1. The molecule has 2 heterocycles. The average molecular weight is 618 g/mol. The Balaban J connectivity index is 1.94. The van der Waals surface area contributed by atoms with E-state index in [1.165, 1.54) is 18.4 Å². The summed E-state index contributed by atoms with van der Waals surface area (Å²) < 4.78 is 19.7. The van der Waals surface area contributed by atoms with Crippen molar-refractivity contribution in [2.45, 2.75) is 33.2 Å². The van der Waals surface area contributed by atoms with Crippen molar-refractivity contribution in [2.24, 2.45) is 4.99 Å². The summed E-state index contributed by atoms with van der Waals surface area (Å²) in [5.74, 6) is 0.841. The third-order valence-electron chi connectivity index (χ3n) is 5.68. The topological polar surface area (TPSA) is 79.1 Å². The molecule has 2 aromatic carbocycles. The second kappa shape index (κ2) is 11.4. The number of nitrogens with zero attached hydrogens (tertiary/aromatic N) is 2. The van der Waals surface area contributed by atoms with E-state index in [9.17, 15) is 9.59 Å². The van der Waals surface area contributed by atoms with Gasteiger partial charge in [0.05, 0.1) is 45.7 Å². The van der Waals surface area contributed by atoms with Gasteiger partial charge in [-0.05, 0) is 72.2 Å². The first-order valence-electron chi connectivity index (χ1n) is 11.7. The van der Waals surface area contributed by atoms with E-state index in [-0.39, 0.29) is 5.56 Å². The third kappa shape index (κ3) is 4.99. The molecular weight excluding hydrogens is 591 g/mol. The highest BCUT2D eigenvalue weighted by Crippen LogP contribution is 2.35. The minimum Gasteiger partial charge on any atom is -0.490 e. The quantitative estimate of drug-likeness (QED) is 0.280. The largest absolute Gasteiger partial charge is 0.490 e. The number of benzene rings is 2. The molecule has 4 rings (SSSR count). The number of rotatable bonds is 8. The van der Waals surface area contributed by atoms with Gasteiger partial charge in [0.2, 0.25) is 0 Å². The maximum atomic E-state index is 13.8. The van der Waals surface area contributed by atoms with Gasteiger partial charge in [-0.1, -0.05) is 48.6 Å². The van der Waals surface area contributed by atoms with Crippen LogP contribution in [-0.2, 0) is 9.53 Å². The van der Waals surface area contributed by atoms with Crippen molar-refractivity contribution < 1.29 is 19.0 Å². The summed E-state index contributed by atoms with van der Waals surface area (Å²) in [7, 11) is 1.35. The van der Waals surface area contributed by atoms with Crippen molar-refractivity contribution in [1.82, 2.24) is 4.57 Å². The Kier molecular flexibility index (Phi) is 8.30. The van der Waals surface area contributed by atoms with E-state index in [4.69, 9.17) is 19.2 Å². The number of esters is 1. The molecule has 1 aromatic heterocycles. The molecule has 0 N–H and O–H groups in total. The fourth-order valence-corrected chi connectivity index (χ4v) is 5.99. The van der Waals surface area contributed by atoms with Crippen LogP contribution in [0.1, 0.15) is 44.4 Å². The number of ether oxygens (including phenoxy) is 3. The predicted molar refractivity (Wildman–Crippen MR) is 148 cm³/mol. The van der Waals surface area contributed by atoms with Crippen LogP contribution in [0.25, 0.3) is 6.08 Å². The first-order valence-corrected chi connectivity index (χ1v) is 13.6. The van der Waals surface area contributed by atoms with Crippen LogP contribution in [0.4, 0.5) is 0 Å². The van der Waals surface area contributed by atoms with E-state index < -0.39 is 12.0 Å². The Bertz CT molecular complexity index is 1490. The van der Waals surface area contributed by atoms with Gasteiger partial charge in [-0.2, -0.15) is 0 Å². The van der Waals surface area contributed by atoms with Gasteiger partial charge in [-0.15, -0.1) is 0 Å². The van der Waals surface area contributed by atoms with Crippen molar-refractivity contribution >= 4 is 46.0 Å². The molecule has 9 heteroatoms. The van der Waals surface area contributed by atoms with E-state index in [1.807, 2.05) is 69.3 Å². The Hall–Kier alpha value is -2.92. The van der Waals surface area contributed by atoms with Crippen LogP contribution in [0.2, 0.25) is 0 Å². The fourth-order valence-electron chi connectivity index (χ4n) is 4.18. The highest BCUT2D eigenvalue weighted by Gasteiger charge is 2.33. The molecule has 3 aromatic rings. The highest BCUT2D eigenvalue weighted by atomic mass is 127. The molecule has 188 valence electrons. The molecule has 1 aliphatic heterocycles. The Morgan fingerprint density at radius 1 is 1.14 bits per heavy atom. The number of aromatic nitrogens is 1. The Morgan fingerprint density at radius 2 is 1.86 bits per heavy atom. The molecule has 0 saturated carbocycles. The lowest BCUT2D eigenvalue weighted by Gasteiger charge is -2.25. The number of allylic oxidation sites excluding steroid dienone is 1. The highest BCUT2D eigenvalue weighted by molar-refractivity contribution is 14.1. The van der Waals surface area contributed by atoms with Crippen molar-refractivity contribution in [1.29, 1.82) is 0 Å². The van der Waals surface area contributed by atoms with Crippen LogP contribution in [-0.4, -0.2) is 30.9 Å². The zero-order chi connectivity index (χ0) is 25.8. The molecule has 0 fully saturated rings. The van der Waals surface area contributed by atoms with Gasteiger partial charge in [0, 0.05) is 0 Å². The monoisotopic (exact) mass is 618 g/mol. The lowest BCUT2D eigenvalue weighted by Crippen LogP contribution is -2.40. The maximum absolute atomic E-state index is 13.8. The SMILES string of the molecule is CCOc1cc(/C=c2/sc3n(c2=O)[C@@H](c2ccccc2)C(C(=O)OC)=C(CC)N=3)cc(I)c1OCC. The number of carbonyl (C=O) groups excluding carboxylic acids is 1.